The van der Waals surface area contributed by atoms with Crippen molar-refractivity contribution in [3.8, 4) is 0 Å². The van der Waals surface area contributed by atoms with Crippen LogP contribution in [0.1, 0.15) is 5.56 Å². The minimum Gasteiger partial charge on any atom is -0.379 e. The van der Waals surface area contributed by atoms with Gasteiger partial charge in [-0.25, -0.2) is 4.98 Å². The molecule has 1 amide bonds. The van der Waals surface area contributed by atoms with Gasteiger partial charge >= 0.3 is 0 Å². The Morgan fingerprint density at radius 3 is 2.63 bits per heavy atom. The maximum atomic E-state index is 11.6. The highest BCUT2D eigenvalue weighted by molar-refractivity contribution is 7.17. The number of hydrogen-bond donors (Lipinski definition) is 3. The zero-order valence-electron chi connectivity index (χ0n) is 19.2. The summed E-state index contributed by atoms with van der Waals surface area (Å²) in [7, 11) is 0. The number of rotatable bonds is 8. The van der Waals surface area contributed by atoms with Crippen molar-refractivity contribution in [1.29, 1.82) is 0 Å². The van der Waals surface area contributed by atoms with E-state index in [2.05, 4.69) is 56.7 Å². The number of aromatic nitrogens is 2. The number of anilines is 5. The Bertz CT molecular complexity index is 1330. The molecule has 1 aliphatic heterocycles. The number of thiophene rings is 1. The van der Waals surface area contributed by atoms with E-state index in [0.717, 1.165) is 54.4 Å². The highest BCUT2D eigenvalue weighted by Crippen LogP contribution is 2.31. The zero-order chi connectivity index (χ0) is 24.0. The van der Waals surface area contributed by atoms with Crippen LogP contribution < -0.4 is 16.0 Å². The summed E-state index contributed by atoms with van der Waals surface area (Å²) in [5, 5.41) is 11.5. The second-order valence-corrected chi connectivity index (χ2v) is 9.06. The summed E-state index contributed by atoms with van der Waals surface area (Å²) in [6.45, 7) is 7.94. The van der Waals surface area contributed by atoms with Crippen LogP contribution in [0.5, 0.6) is 0 Å². The van der Waals surface area contributed by atoms with Gasteiger partial charge in [-0.1, -0.05) is 24.8 Å². The second kappa shape index (κ2) is 10.6. The monoisotopic (exact) mass is 486 g/mol. The van der Waals surface area contributed by atoms with Crippen LogP contribution in [0.2, 0.25) is 0 Å². The van der Waals surface area contributed by atoms with Gasteiger partial charge in [0.1, 0.15) is 0 Å². The third-order valence-electron chi connectivity index (χ3n) is 5.60. The lowest BCUT2D eigenvalue weighted by atomic mass is 10.2. The molecule has 1 saturated heterocycles. The summed E-state index contributed by atoms with van der Waals surface area (Å²) < 4.78 is 6.39. The van der Waals surface area contributed by atoms with Crippen LogP contribution in [-0.4, -0.2) is 47.1 Å². The van der Waals surface area contributed by atoms with E-state index < -0.39 is 0 Å². The van der Waals surface area contributed by atoms with Gasteiger partial charge in [0.2, 0.25) is 11.9 Å². The first-order chi connectivity index (χ1) is 17.2. The number of nitrogens with one attached hydrogen (secondary N) is 3. The Morgan fingerprint density at radius 1 is 1.03 bits per heavy atom. The molecular formula is C26H26N6O2S. The quantitative estimate of drug-likeness (QED) is 0.297. The number of carbonyl (C=O) groups is 1. The molecule has 178 valence electrons. The van der Waals surface area contributed by atoms with Crippen molar-refractivity contribution in [2.24, 2.45) is 0 Å². The van der Waals surface area contributed by atoms with Crippen LogP contribution in [-0.2, 0) is 16.1 Å². The lowest BCUT2D eigenvalue weighted by molar-refractivity contribution is -0.111. The molecule has 2 aromatic carbocycles. The maximum absolute atomic E-state index is 11.6. The van der Waals surface area contributed by atoms with Crippen molar-refractivity contribution in [3.05, 3.63) is 78.2 Å². The molecule has 3 N–H and O–H groups in total. The average Bonchev–Trinajstić information content (AvgIpc) is 3.35. The van der Waals surface area contributed by atoms with E-state index in [4.69, 9.17) is 9.72 Å². The van der Waals surface area contributed by atoms with Crippen LogP contribution in [0.15, 0.2) is 72.6 Å². The molecule has 0 atom stereocenters. The van der Waals surface area contributed by atoms with Gasteiger partial charge < -0.3 is 20.7 Å². The molecule has 35 heavy (non-hydrogen) atoms. The first kappa shape index (κ1) is 23.0. The Labute approximate surface area is 207 Å². The van der Waals surface area contributed by atoms with E-state index in [9.17, 15) is 4.79 Å². The van der Waals surface area contributed by atoms with Gasteiger partial charge in [0.15, 0.2) is 5.82 Å². The number of hydrogen-bond acceptors (Lipinski definition) is 8. The van der Waals surface area contributed by atoms with E-state index in [1.807, 2.05) is 35.7 Å². The molecule has 0 aliphatic carbocycles. The molecule has 0 unspecified atom stereocenters. The van der Waals surface area contributed by atoms with Gasteiger partial charge in [0.25, 0.3) is 0 Å². The molecule has 0 bridgehead atoms. The third kappa shape index (κ3) is 5.83. The summed E-state index contributed by atoms with van der Waals surface area (Å²) in [4.78, 5) is 23.5. The van der Waals surface area contributed by atoms with Crippen LogP contribution in [0, 0.1) is 0 Å². The fourth-order valence-corrected chi connectivity index (χ4v) is 4.62. The van der Waals surface area contributed by atoms with E-state index >= 15 is 0 Å². The molecular weight excluding hydrogens is 460 g/mol. The minimum absolute atomic E-state index is 0.257. The highest BCUT2D eigenvalue weighted by atomic mass is 32.1. The van der Waals surface area contributed by atoms with Crippen LogP contribution in [0.25, 0.3) is 10.2 Å². The van der Waals surface area contributed by atoms with Crippen molar-refractivity contribution in [3.63, 3.8) is 0 Å². The van der Waals surface area contributed by atoms with Crippen molar-refractivity contribution in [2.75, 3.05) is 42.3 Å². The van der Waals surface area contributed by atoms with Crippen LogP contribution in [0.3, 0.4) is 0 Å². The standard InChI is InChI=1S/C26H26N6O2S/c1-2-23(33)27-20-4-3-5-21(16-20)28-25-24-22(10-15-35-24)30-26(31-25)29-19-8-6-18(7-9-19)17-32-11-13-34-14-12-32/h2-10,15-16H,1,11-14,17H2,(H,27,33)(H2,28,29,30,31). The molecule has 1 aliphatic rings. The topological polar surface area (TPSA) is 91.4 Å². The molecule has 0 radical (unpaired) electrons. The summed E-state index contributed by atoms with van der Waals surface area (Å²) in [6.07, 6.45) is 1.24. The van der Waals surface area contributed by atoms with Crippen LogP contribution in [0.4, 0.5) is 28.8 Å². The fourth-order valence-electron chi connectivity index (χ4n) is 3.85. The Morgan fingerprint density at radius 2 is 1.83 bits per heavy atom. The molecule has 3 heterocycles. The largest absolute Gasteiger partial charge is 0.379 e. The van der Waals surface area contributed by atoms with Gasteiger partial charge in [0.05, 0.1) is 23.4 Å². The third-order valence-corrected chi connectivity index (χ3v) is 6.51. The molecule has 5 rings (SSSR count). The van der Waals surface area contributed by atoms with E-state index in [1.54, 1.807) is 11.3 Å². The number of carbonyl (C=O) groups excluding carboxylic acids is 1. The van der Waals surface area contributed by atoms with Gasteiger partial charge in [-0.3, -0.25) is 9.69 Å². The fraction of sp³-hybridized carbons (Fsp3) is 0.192. The van der Waals surface area contributed by atoms with E-state index in [-0.39, 0.29) is 5.91 Å². The lowest BCUT2D eigenvalue weighted by Gasteiger charge is -2.26. The van der Waals surface area contributed by atoms with E-state index in [0.29, 0.717) is 17.5 Å². The number of fused-ring (bicyclic) bond motifs is 1. The number of amides is 1. The number of ether oxygens (including phenoxy) is 1. The van der Waals surface area contributed by atoms with Crippen molar-refractivity contribution in [1.82, 2.24) is 14.9 Å². The first-order valence-electron chi connectivity index (χ1n) is 11.4. The predicted octanol–water partition coefficient (Wildman–Crippen LogP) is 5.14. The normalized spacial score (nSPS) is 13.9. The first-order valence-corrected chi connectivity index (χ1v) is 12.3. The Balaban J connectivity index is 1.32. The van der Waals surface area contributed by atoms with Gasteiger partial charge in [-0.15, -0.1) is 11.3 Å². The van der Waals surface area contributed by atoms with Crippen LogP contribution >= 0.6 is 11.3 Å². The second-order valence-electron chi connectivity index (χ2n) is 8.14. The summed E-state index contributed by atoms with van der Waals surface area (Å²) >= 11 is 1.57. The summed E-state index contributed by atoms with van der Waals surface area (Å²) in [5.74, 6) is 0.950. The Kier molecular flexibility index (Phi) is 6.99. The van der Waals surface area contributed by atoms with Gasteiger partial charge in [0, 0.05) is 36.7 Å². The molecule has 9 heteroatoms. The molecule has 1 fully saturated rings. The van der Waals surface area contributed by atoms with Gasteiger partial charge in [-0.05, 0) is 53.4 Å². The molecule has 2 aromatic heterocycles. The number of morpholine rings is 1. The highest BCUT2D eigenvalue weighted by Gasteiger charge is 2.12. The number of nitrogens with zero attached hydrogens (tertiary/aromatic N) is 3. The SMILES string of the molecule is C=CC(=O)Nc1cccc(Nc2nc(Nc3ccc(CN4CCOCC4)cc3)nc3ccsc23)c1. The maximum Gasteiger partial charge on any atom is 0.247 e. The van der Waals surface area contributed by atoms with Crippen molar-refractivity contribution in [2.45, 2.75) is 6.54 Å². The smallest absolute Gasteiger partial charge is 0.247 e. The molecule has 0 saturated carbocycles. The zero-order valence-corrected chi connectivity index (χ0v) is 20.0. The predicted molar refractivity (Wildman–Crippen MR) is 142 cm³/mol. The number of benzene rings is 2. The minimum atomic E-state index is -0.257. The summed E-state index contributed by atoms with van der Waals surface area (Å²) in [5.41, 5.74) is 4.52. The lowest BCUT2D eigenvalue weighted by Crippen LogP contribution is -2.35. The summed E-state index contributed by atoms with van der Waals surface area (Å²) in [6, 6.07) is 17.8. The molecule has 4 aromatic rings. The van der Waals surface area contributed by atoms with Crippen molar-refractivity contribution >= 4 is 56.3 Å². The van der Waals surface area contributed by atoms with Gasteiger partial charge in [-0.2, -0.15) is 4.98 Å². The Hall–Kier alpha value is -3.79. The molecule has 0 spiro atoms. The molecule has 8 nitrogen and oxygen atoms in total. The average molecular weight is 487 g/mol. The van der Waals surface area contributed by atoms with E-state index in [1.165, 1.54) is 11.6 Å². The van der Waals surface area contributed by atoms with Crippen molar-refractivity contribution < 1.29 is 9.53 Å².